The third-order valence-electron chi connectivity index (χ3n) is 4.24. The summed E-state index contributed by atoms with van der Waals surface area (Å²) in [4.78, 5) is 36.1. The Morgan fingerprint density at radius 3 is 2.41 bits per heavy atom. The lowest BCUT2D eigenvalue weighted by molar-refractivity contribution is -0.130. The average Bonchev–Trinajstić information content (AvgIpc) is 2.66. The van der Waals surface area contributed by atoms with E-state index in [0.717, 1.165) is 0 Å². The number of nitrogens with one attached hydrogen (secondary N) is 2. The highest BCUT2D eigenvalue weighted by Crippen LogP contribution is 2.11. The lowest BCUT2D eigenvalue weighted by atomic mass is 9.99. The second-order valence-corrected chi connectivity index (χ2v) is 6.52. The van der Waals surface area contributed by atoms with Gasteiger partial charge >= 0.3 is 0 Å². The molecule has 7 nitrogen and oxygen atoms in total. The number of carbonyl (C=O) groups excluding carboxylic acids is 3. The van der Waals surface area contributed by atoms with Gasteiger partial charge in [-0.3, -0.25) is 14.4 Å². The number of carbonyl (C=O) groups is 3. The van der Waals surface area contributed by atoms with Crippen LogP contribution in [0.15, 0.2) is 48.5 Å². The Labute approximate surface area is 167 Å². The molecule has 29 heavy (non-hydrogen) atoms. The molecule has 0 spiro atoms. The molecule has 150 valence electrons. The first-order valence-corrected chi connectivity index (χ1v) is 8.89. The molecule has 0 fully saturated rings. The molecular formula is C21H21FN4O3. The first-order chi connectivity index (χ1) is 13.8. The Bertz CT molecular complexity index is 955. The fourth-order valence-corrected chi connectivity index (χ4v) is 2.88. The maximum Gasteiger partial charge on any atom is 0.243 e. The van der Waals surface area contributed by atoms with Crippen LogP contribution >= 0.6 is 0 Å². The summed E-state index contributed by atoms with van der Waals surface area (Å²) >= 11 is 0. The van der Waals surface area contributed by atoms with Crippen molar-refractivity contribution in [3.8, 4) is 6.07 Å². The zero-order chi connectivity index (χ0) is 21.4. The van der Waals surface area contributed by atoms with Crippen LogP contribution in [0.25, 0.3) is 0 Å². The zero-order valence-corrected chi connectivity index (χ0v) is 15.8. The molecule has 2 atom stereocenters. The van der Waals surface area contributed by atoms with Crippen molar-refractivity contribution < 1.29 is 18.8 Å². The fraction of sp³-hybridized carbons (Fsp3) is 0.238. The molecule has 2 aromatic rings. The number of primary amides is 1. The van der Waals surface area contributed by atoms with E-state index in [4.69, 9.17) is 5.73 Å². The van der Waals surface area contributed by atoms with Gasteiger partial charge in [0.05, 0.1) is 11.6 Å². The van der Waals surface area contributed by atoms with E-state index in [9.17, 15) is 24.0 Å². The van der Waals surface area contributed by atoms with Crippen LogP contribution in [0.1, 0.15) is 23.6 Å². The molecule has 0 aliphatic rings. The van der Waals surface area contributed by atoms with Gasteiger partial charge in [0.1, 0.15) is 17.9 Å². The maximum atomic E-state index is 13.4. The monoisotopic (exact) mass is 396 g/mol. The smallest absolute Gasteiger partial charge is 0.243 e. The molecule has 8 heteroatoms. The van der Waals surface area contributed by atoms with Crippen LogP contribution in [0.4, 0.5) is 4.39 Å². The van der Waals surface area contributed by atoms with Gasteiger partial charge in [-0.2, -0.15) is 5.26 Å². The zero-order valence-electron chi connectivity index (χ0n) is 15.8. The molecule has 0 aromatic heterocycles. The minimum atomic E-state index is -1.08. The van der Waals surface area contributed by atoms with Crippen LogP contribution in [0.2, 0.25) is 0 Å². The maximum absolute atomic E-state index is 13.4. The van der Waals surface area contributed by atoms with Crippen LogP contribution in [-0.2, 0) is 27.2 Å². The molecule has 0 radical (unpaired) electrons. The van der Waals surface area contributed by atoms with Crippen molar-refractivity contribution in [2.75, 3.05) is 0 Å². The van der Waals surface area contributed by atoms with Crippen molar-refractivity contribution in [2.45, 2.75) is 31.8 Å². The van der Waals surface area contributed by atoms with Gasteiger partial charge in [-0.15, -0.1) is 0 Å². The summed E-state index contributed by atoms with van der Waals surface area (Å²) in [6.07, 6.45) is 0.0565. The van der Waals surface area contributed by atoms with E-state index < -0.39 is 35.6 Å². The van der Waals surface area contributed by atoms with Crippen molar-refractivity contribution in [1.29, 1.82) is 5.26 Å². The Morgan fingerprint density at radius 1 is 1.07 bits per heavy atom. The van der Waals surface area contributed by atoms with Gasteiger partial charge < -0.3 is 16.4 Å². The second-order valence-electron chi connectivity index (χ2n) is 6.52. The number of hydrogen-bond donors (Lipinski definition) is 3. The van der Waals surface area contributed by atoms with E-state index in [1.54, 1.807) is 30.3 Å². The molecule has 0 saturated carbocycles. The Balaban J connectivity index is 2.18. The summed E-state index contributed by atoms with van der Waals surface area (Å²) in [6, 6.07) is 12.2. The molecule has 0 saturated heterocycles. The highest BCUT2D eigenvalue weighted by Gasteiger charge is 2.26. The van der Waals surface area contributed by atoms with E-state index in [1.165, 1.54) is 25.1 Å². The Hall–Kier alpha value is -3.73. The molecule has 0 aliphatic heterocycles. The van der Waals surface area contributed by atoms with Gasteiger partial charge in [0.25, 0.3) is 0 Å². The predicted octanol–water partition coefficient (Wildman–Crippen LogP) is 0.957. The van der Waals surface area contributed by atoms with Gasteiger partial charge in [-0.1, -0.05) is 30.3 Å². The molecule has 3 amide bonds. The summed E-state index contributed by atoms with van der Waals surface area (Å²) in [5, 5.41) is 14.2. The minimum absolute atomic E-state index is 0.0254. The van der Waals surface area contributed by atoms with Crippen molar-refractivity contribution in [3.05, 3.63) is 71.0 Å². The Kier molecular flexibility index (Phi) is 7.43. The lowest BCUT2D eigenvalue weighted by Crippen LogP contribution is -2.54. The van der Waals surface area contributed by atoms with Crippen LogP contribution in [0, 0.1) is 17.1 Å². The summed E-state index contributed by atoms with van der Waals surface area (Å²) in [7, 11) is 0. The number of nitriles is 1. The van der Waals surface area contributed by atoms with Crippen molar-refractivity contribution >= 4 is 17.7 Å². The number of benzene rings is 2. The molecular weight excluding hydrogens is 375 g/mol. The molecule has 2 rings (SSSR count). The average molecular weight is 396 g/mol. The van der Waals surface area contributed by atoms with E-state index >= 15 is 0 Å². The summed E-state index contributed by atoms with van der Waals surface area (Å²) in [5.41, 5.74) is 6.85. The van der Waals surface area contributed by atoms with Crippen LogP contribution in [0.3, 0.4) is 0 Å². The lowest BCUT2D eigenvalue weighted by Gasteiger charge is -2.22. The van der Waals surface area contributed by atoms with E-state index in [-0.39, 0.29) is 12.8 Å². The van der Waals surface area contributed by atoms with Crippen molar-refractivity contribution in [2.24, 2.45) is 5.73 Å². The number of hydrogen-bond acceptors (Lipinski definition) is 4. The minimum Gasteiger partial charge on any atom is -0.368 e. The highest BCUT2D eigenvalue weighted by atomic mass is 19.1. The molecule has 0 aliphatic carbocycles. The second kappa shape index (κ2) is 9.99. The number of amides is 3. The van der Waals surface area contributed by atoms with Crippen LogP contribution in [0.5, 0.6) is 0 Å². The van der Waals surface area contributed by atoms with E-state index in [2.05, 4.69) is 10.6 Å². The van der Waals surface area contributed by atoms with Crippen LogP contribution < -0.4 is 16.4 Å². The number of rotatable bonds is 8. The largest absolute Gasteiger partial charge is 0.368 e. The predicted molar refractivity (Wildman–Crippen MR) is 104 cm³/mol. The molecule has 0 bridgehead atoms. The van der Waals surface area contributed by atoms with Crippen LogP contribution in [-0.4, -0.2) is 29.8 Å². The quantitative estimate of drug-likeness (QED) is 0.614. The summed E-state index contributed by atoms with van der Waals surface area (Å²) < 4.78 is 13.4. The number of halogens is 1. The van der Waals surface area contributed by atoms with Gasteiger partial charge in [0.2, 0.25) is 17.7 Å². The SMILES string of the molecule is CC(=O)N[C@H](Cc1cccc(F)c1)C(=O)N[C@H](Cc1ccccc1C#N)C(N)=O. The van der Waals surface area contributed by atoms with Crippen molar-refractivity contribution in [1.82, 2.24) is 10.6 Å². The molecule has 4 N–H and O–H groups in total. The summed E-state index contributed by atoms with van der Waals surface area (Å²) in [6.45, 7) is 1.25. The topological polar surface area (TPSA) is 125 Å². The standard InChI is InChI=1S/C21H21FN4O3/c1-13(27)25-19(10-14-5-4-8-17(22)9-14)21(29)26-18(20(24)28)11-15-6-2-3-7-16(15)12-23/h2-9,18-19H,10-11H2,1H3,(H2,24,28)(H,25,27)(H,26,29)/t18-,19-/m1/s1. The van der Waals surface area contributed by atoms with E-state index in [0.29, 0.717) is 16.7 Å². The number of nitrogens with two attached hydrogens (primary N) is 1. The summed E-state index contributed by atoms with van der Waals surface area (Å²) in [5.74, 6) is -2.33. The normalized spacial score (nSPS) is 12.3. The number of nitrogens with zero attached hydrogens (tertiary/aromatic N) is 1. The Morgan fingerprint density at radius 2 is 1.79 bits per heavy atom. The van der Waals surface area contributed by atoms with Gasteiger partial charge in [-0.25, -0.2) is 4.39 Å². The molecule has 0 unspecified atom stereocenters. The first-order valence-electron chi connectivity index (χ1n) is 8.89. The van der Waals surface area contributed by atoms with E-state index in [1.807, 2.05) is 6.07 Å². The highest BCUT2D eigenvalue weighted by molar-refractivity contribution is 5.91. The van der Waals surface area contributed by atoms with Gasteiger partial charge in [0, 0.05) is 19.8 Å². The molecule has 2 aromatic carbocycles. The van der Waals surface area contributed by atoms with Gasteiger partial charge in [0.15, 0.2) is 0 Å². The van der Waals surface area contributed by atoms with Gasteiger partial charge in [-0.05, 0) is 29.3 Å². The van der Waals surface area contributed by atoms with Crippen molar-refractivity contribution in [3.63, 3.8) is 0 Å². The molecule has 0 heterocycles. The third-order valence-corrected chi connectivity index (χ3v) is 4.24. The fourth-order valence-electron chi connectivity index (χ4n) is 2.88. The third kappa shape index (κ3) is 6.43. The first kappa shape index (κ1) is 21.6.